The van der Waals surface area contributed by atoms with E-state index in [9.17, 15) is 9.59 Å². The van der Waals surface area contributed by atoms with Crippen LogP contribution in [0, 0.1) is 6.92 Å². The highest BCUT2D eigenvalue weighted by Crippen LogP contribution is 2.36. The van der Waals surface area contributed by atoms with Crippen molar-refractivity contribution in [3.05, 3.63) is 58.1 Å². The first-order valence-corrected chi connectivity index (χ1v) is 7.91. The number of ether oxygens (including phenoxy) is 2. The van der Waals surface area contributed by atoms with Crippen LogP contribution in [0.3, 0.4) is 0 Å². The third-order valence-electron chi connectivity index (χ3n) is 3.36. The molecule has 2 aromatic carbocycles. The second-order valence-electron chi connectivity index (χ2n) is 5.23. The van der Waals surface area contributed by atoms with Gasteiger partial charge in [0.05, 0.1) is 18.3 Å². The minimum absolute atomic E-state index is 0.123. The number of aryl methyl sites for hydroxylation is 1. The van der Waals surface area contributed by atoms with Crippen LogP contribution in [0.25, 0.3) is 0 Å². The SMILES string of the molecule is COc1cc(/C=N\NC(=O)c2ccccc2C)cc(Cl)c1OCC(=O)O. The van der Waals surface area contributed by atoms with Crippen molar-refractivity contribution in [2.24, 2.45) is 5.10 Å². The van der Waals surface area contributed by atoms with Gasteiger partial charge in [-0.3, -0.25) is 4.79 Å². The lowest BCUT2D eigenvalue weighted by Gasteiger charge is -2.11. The molecule has 136 valence electrons. The van der Waals surface area contributed by atoms with E-state index in [0.717, 1.165) is 5.56 Å². The molecule has 1 amide bonds. The van der Waals surface area contributed by atoms with Gasteiger partial charge in [0.15, 0.2) is 18.1 Å². The Kier molecular flexibility index (Phi) is 6.57. The van der Waals surface area contributed by atoms with Crippen LogP contribution in [0.4, 0.5) is 0 Å². The number of hydrazone groups is 1. The summed E-state index contributed by atoms with van der Waals surface area (Å²) in [6.07, 6.45) is 1.39. The predicted molar refractivity (Wildman–Crippen MR) is 97.4 cm³/mol. The van der Waals surface area contributed by atoms with Crippen molar-refractivity contribution in [2.45, 2.75) is 6.92 Å². The average Bonchev–Trinajstić information content (AvgIpc) is 2.60. The second-order valence-corrected chi connectivity index (χ2v) is 5.64. The van der Waals surface area contributed by atoms with Gasteiger partial charge in [-0.1, -0.05) is 29.8 Å². The minimum Gasteiger partial charge on any atom is -0.493 e. The molecule has 7 nitrogen and oxygen atoms in total. The van der Waals surface area contributed by atoms with E-state index in [2.05, 4.69) is 10.5 Å². The average molecular weight is 377 g/mol. The molecular weight excluding hydrogens is 360 g/mol. The number of aliphatic carboxylic acids is 1. The van der Waals surface area contributed by atoms with E-state index in [-0.39, 0.29) is 22.4 Å². The first-order valence-electron chi connectivity index (χ1n) is 7.53. The van der Waals surface area contributed by atoms with Crippen LogP contribution in [-0.4, -0.2) is 36.9 Å². The summed E-state index contributed by atoms with van der Waals surface area (Å²) in [5.74, 6) is -1.09. The lowest BCUT2D eigenvalue weighted by molar-refractivity contribution is -0.139. The smallest absolute Gasteiger partial charge is 0.341 e. The maximum Gasteiger partial charge on any atom is 0.341 e. The predicted octanol–water partition coefficient (Wildman–Crippen LogP) is 2.88. The van der Waals surface area contributed by atoms with Gasteiger partial charge >= 0.3 is 5.97 Å². The normalized spacial score (nSPS) is 10.6. The molecule has 26 heavy (non-hydrogen) atoms. The largest absolute Gasteiger partial charge is 0.493 e. The molecule has 0 unspecified atom stereocenters. The molecule has 0 aromatic heterocycles. The number of halogens is 1. The Morgan fingerprint density at radius 1 is 1.31 bits per heavy atom. The summed E-state index contributed by atoms with van der Waals surface area (Å²) in [5, 5.41) is 12.8. The van der Waals surface area contributed by atoms with E-state index < -0.39 is 12.6 Å². The summed E-state index contributed by atoms with van der Waals surface area (Å²) in [7, 11) is 1.40. The molecule has 0 atom stereocenters. The number of carbonyl (C=O) groups is 2. The minimum atomic E-state index is -1.13. The maximum atomic E-state index is 12.1. The lowest BCUT2D eigenvalue weighted by Crippen LogP contribution is -2.18. The summed E-state index contributed by atoms with van der Waals surface area (Å²) >= 11 is 6.11. The molecule has 0 bridgehead atoms. The molecule has 0 heterocycles. The molecule has 0 radical (unpaired) electrons. The number of carboxylic acids is 1. The molecular formula is C18H17ClN2O5. The summed E-state index contributed by atoms with van der Waals surface area (Å²) < 4.78 is 10.3. The molecule has 0 saturated carbocycles. The Bertz CT molecular complexity index is 851. The van der Waals surface area contributed by atoms with E-state index >= 15 is 0 Å². The van der Waals surface area contributed by atoms with E-state index in [1.165, 1.54) is 19.4 Å². The van der Waals surface area contributed by atoms with Gasteiger partial charge in [0.2, 0.25) is 0 Å². The van der Waals surface area contributed by atoms with Crippen LogP contribution >= 0.6 is 11.6 Å². The third-order valence-corrected chi connectivity index (χ3v) is 3.64. The Labute approximate surface area is 155 Å². The Morgan fingerprint density at radius 2 is 2.04 bits per heavy atom. The molecule has 0 fully saturated rings. The monoisotopic (exact) mass is 376 g/mol. The zero-order valence-corrected chi connectivity index (χ0v) is 14.9. The van der Waals surface area contributed by atoms with Gasteiger partial charge in [0.1, 0.15) is 0 Å². The third kappa shape index (κ3) is 4.97. The first kappa shape index (κ1) is 19.3. The van der Waals surface area contributed by atoms with Gasteiger partial charge in [0, 0.05) is 5.56 Å². The number of amides is 1. The summed E-state index contributed by atoms with van der Waals surface area (Å²) in [4.78, 5) is 22.7. The van der Waals surface area contributed by atoms with Gasteiger partial charge in [-0.15, -0.1) is 0 Å². The fourth-order valence-electron chi connectivity index (χ4n) is 2.14. The van der Waals surface area contributed by atoms with E-state index in [1.807, 2.05) is 19.1 Å². The van der Waals surface area contributed by atoms with Crippen LogP contribution in [0.2, 0.25) is 5.02 Å². The van der Waals surface area contributed by atoms with Crippen molar-refractivity contribution in [3.63, 3.8) is 0 Å². The Morgan fingerprint density at radius 3 is 2.69 bits per heavy atom. The zero-order chi connectivity index (χ0) is 19.1. The Hall–Kier alpha value is -3.06. The number of nitrogens with zero attached hydrogens (tertiary/aromatic N) is 1. The summed E-state index contributed by atoms with van der Waals surface area (Å²) in [6.45, 7) is 1.29. The topological polar surface area (TPSA) is 97.2 Å². The number of carbonyl (C=O) groups excluding carboxylic acids is 1. The molecule has 2 rings (SSSR count). The molecule has 2 N–H and O–H groups in total. The van der Waals surface area contributed by atoms with E-state index in [1.54, 1.807) is 18.2 Å². The fraction of sp³-hybridized carbons (Fsp3) is 0.167. The fourth-order valence-corrected chi connectivity index (χ4v) is 2.42. The highest BCUT2D eigenvalue weighted by atomic mass is 35.5. The zero-order valence-electron chi connectivity index (χ0n) is 14.2. The first-order chi connectivity index (χ1) is 12.4. The van der Waals surface area contributed by atoms with Crippen molar-refractivity contribution < 1.29 is 24.2 Å². The van der Waals surface area contributed by atoms with Crippen molar-refractivity contribution in [1.82, 2.24) is 5.43 Å². The van der Waals surface area contributed by atoms with Gasteiger partial charge < -0.3 is 14.6 Å². The van der Waals surface area contributed by atoms with Crippen LogP contribution < -0.4 is 14.9 Å². The Balaban J connectivity index is 2.13. The number of benzene rings is 2. The van der Waals surface area contributed by atoms with Crippen LogP contribution in [0.15, 0.2) is 41.5 Å². The standard InChI is InChI=1S/C18H17ClN2O5/c1-11-5-3-4-6-13(11)18(24)21-20-9-12-7-14(19)17(15(8-12)25-2)26-10-16(22)23/h3-9H,10H2,1-2H3,(H,21,24)(H,22,23)/b20-9-. The number of hydrogen-bond acceptors (Lipinski definition) is 5. The highest BCUT2D eigenvalue weighted by molar-refractivity contribution is 6.32. The second kappa shape index (κ2) is 8.87. The van der Waals surface area contributed by atoms with Gasteiger partial charge in [-0.05, 0) is 36.2 Å². The number of rotatable bonds is 7. The van der Waals surface area contributed by atoms with Crippen molar-refractivity contribution in [2.75, 3.05) is 13.7 Å². The number of carboxylic acid groups (broad SMARTS) is 1. The maximum absolute atomic E-state index is 12.1. The number of methoxy groups -OCH3 is 1. The van der Waals surface area contributed by atoms with E-state index in [4.69, 9.17) is 26.2 Å². The van der Waals surface area contributed by atoms with Gasteiger partial charge in [-0.25, -0.2) is 10.2 Å². The summed E-state index contributed by atoms with van der Waals surface area (Å²) in [5.41, 5.74) is 4.34. The molecule has 0 saturated heterocycles. The van der Waals surface area contributed by atoms with Crippen LogP contribution in [-0.2, 0) is 4.79 Å². The van der Waals surface area contributed by atoms with Gasteiger partial charge in [0.25, 0.3) is 5.91 Å². The van der Waals surface area contributed by atoms with Crippen molar-refractivity contribution in [1.29, 1.82) is 0 Å². The van der Waals surface area contributed by atoms with Crippen LogP contribution in [0.1, 0.15) is 21.5 Å². The van der Waals surface area contributed by atoms with Crippen molar-refractivity contribution >= 4 is 29.7 Å². The molecule has 0 aliphatic rings. The summed E-state index contributed by atoms with van der Waals surface area (Å²) in [6, 6.07) is 10.2. The molecule has 0 aliphatic heterocycles. The van der Waals surface area contributed by atoms with Gasteiger partial charge in [-0.2, -0.15) is 5.10 Å². The number of hydrogen-bond donors (Lipinski definition) is 2. The molecule has 0 spiro atoms. The lowest BCUT2D eigenvalue weighted by atomic mass is 10.1. The molecule has 0 aliphatic carbocycles. The van der Waals surface area contributed by atoms with Crippen molar-refractivity contribution in [3.8, 4) is 11.5 Å². The quantitative estimate of drug-likeness (QED) is 0.572. The number of nitrogens with one attached hydrogen (secondary N) is 1. The molecule has 2 aromatic rings. The van der Waals surface area contributed by atoms with E-state index in [0.29, 0.717) is 11.1 Å². The van der Waals surface area contributed by atoms with Crippen LogP contribution in [0.5, 0.6) is 11.5 Å². The molecule has 8 heteroatoms. The highest BCUT2D eigenvalue weighted by Gasteiger charge is 2.13.